The van der Waals surface area contributed by atoms with Crippen LogP contribution in [-0.2, 0) is 11.3 Å². The average molecular weight is 527 g/mol. The molecule has 2 N–H and O–H groups in total. The summed E-state index contributed by atoms with van der Waals surface area (Å²) in [5, 5.41) is 6.07. The number of amides is 1. The fourth-order valence-corrected chi connectivity index (χ4v) is 4.90. The average Bonchev–Trinajstić information content (AvgIpc) is 3.43. The van der Waals surface area contributed by atoms with Crippen molar-refractivity contribution in [2.75, 3.05) is 24.5 Å². The SMILES string of the molecule is C=C(C)S/C=C(\N)CN(CCCN(Cc1csc(C)n1)C(=O)CC(C)(C)C)c1ccc2occc2c1. The van der Waals surface area contributed by atoms with Gasteiger partial charge in [0.2, 0.25) is 5.91 Å². The number of nitrogens with two attached hydrogens (primary N) is 1. The number of benzene rings is 1. The molecule has 2 heterocycles. The maximum Gasteiger partial charge on any atom is 0.223 e. The maximum absolute atomic E-state index is 13.2. The first-order valence-corrected chi connectivity index (χ1v) is 13.9. The second-order valence-corrected chi connectivity index (χ2v) is 12.6. The molecule has 1 aromatic carbocycles. The lowest BCUT2D eigenvalue weighted by Gasteiger charge is -2.29. The fourth-order valence-electron chi connectivity index (χ4n) is 3.87. The molecule has 0 aliphatic heterocycles. The van der Waals surface area contributed by atoms with Gasteiger partial charge in [0.1, 0.15) is 5.58 Å². The molecule has 6 nitrogen and oxygen atoms in total. The van der Waals surface area contributed by atoms with Crippen LogP contribution in [0.5, 0.6) is 0 Å². The van der Waals surface area contributed by atoms with Crippen LogP contribution >= 0.6 is 23.1 Å². The third kappa shape index (κ3) is 8.75. The standard InChI is InChI=1S/C28H38N4O2S2/c1-20(2)35-18-23(29)16-31(25-8-9-26-22(14-25)10-13-34-26)11-7-12-32(27(33)15-28(4,5)6)17-24-19-36-21(3)30-24/h8-10,13-14,18-19H,1,7,11-12,15-17,29H2,2-6H3/b23-18-. The predicted octanol–water partition coefficient (Wildman–Crippen LogP) is 6.93. The van der Waals surface area contributed by atoms with Crippen LogP contribution in [-0.4, -0.2) is 35.4 Å². The van der Waals surface area contributed by atoms with Gasteiger partial charge in [-0.1, -0.05) is 27.4 Å². The van der Waals surface area contributed by atoms with Gasteiger partial charge in [0.25, 0.3) is 0 Å². The molecule has 36 heavy (non-hydrogen) atoms. The van der Waals surface area contributed by atoms with Crippen molar-refractivity contribution in [3.63, 3.8) is 0 Å². The summed E-state index contributed by atoms with van der Waals surface area (Å²) in [6.45, 7) is 16.7. The highest BCUT2D eigenvalue weighted by Crippen LogP contribution is 2.25. The van der Waals surface area contributed by atoms with Crippen LogP contribution in [0.3, 0.4) is 0 Å². The lowest BCUT2D eigenvalue weighted by Crippen LogP contribution is -2.36. The van der Waals surface area contributed by atoms with E-state index in [1.807, 2.05) is 41.7 Å². The monoisotopic (exact) mass is 526 g/mol. The van der Waals surface area contributed by atoms with Crippen molar-refractivity contribution in [3.8, 4) is 0 Å². The number of nitrogens with zero attached hydrogens (tertiary/aromatic N) is 3. The number of thioether (sulfide) groups is 1. The predicted molar refractivity (Wildman–Crippen MR) is 154 cm³/mol. The Bertz CT molecular complexity index is 1210. The lowest BCUT2D eigenvalue weighted by molar-refractivity contribution is -0.133. The van der Waals surface area contributed by atoms with Gasteiger partial charge in [0.15, 0.2) is 0 Å². The summed E-state index contributed by atoms with van der Waals surface area (Å²) in [6, 6.07) is 8.14. The lowest BCUT2D eigenvalue weighted by atomic mass is 9.91. The molecule has 3 rings (SSSR count). The number of carbonyl (C=O) groups excluding carboxylic acids is 1. The Morgan fingerprint density at radius 2 is 2.06 bits per heavy atom. The van der Waals surface area contributed by atoms with Crippen molar-refractivity contribution >= 4 is 45.7 Å². The van der Waals surface area contributed by atoms with E-state index in [-0.39, 0.29) is 11.3 Å². The summed E-state index contributed by atoms with van der Waals surface area (Å²) in [5.74, 6) is 0.164. The van der Waals surface area contributed by atoms with E-state index in [1.165, 1.54) is 11.8 Å². The third-order valence-corrected chi connectivity index (χ3v) is 7.14. The van der Waals surface area contributed by atoms with Crippen LogP contribution in [0.15, 0.2) is 62.9 Å². The molecular weight excluding hydrogens is 488 g/mol. The van der Waals surface area contributed by atoms with E-state index < -0.39 is 0 Å². The molecule has 0 saturated heterocycles. The largest absolute Gasteiger partial charge is 0.464 e. The number of furan rings is 1. The van der Waals surface area contributed by atoms with Gasteiger partial charge in [-0.2, -0.15) is 0 Å². The summed E-state index contributed by atoms with van der Waals surface area (Å²) < 4.78 is 5.52. The van der Waals surface area contributed by atoms with Gasteiger partial charge in [-0.15, -0.1) is 23.1 Å². The first-order valence-electron chi connectivity index (χ1n) is 12.2. The molecule has 194 valence electrons. The Morgan fingerprint density at radius 1 is 1.28 bits per heavy atom. The molecule has 2 aromatic heterocycles. The third-order valence-electron chi connectivity index (χ3n) is 5.50. The summed E-state index contributed by atoms with van der Waals surface area (Å²) in [5.41, 5.74) is 9.96. The highest BCUT2D eigenvalue weighted by molar-refractivity contribution is 8.05. The van der Waals surface area contributed by atoms with E-state index in [9.17, 15) is 4.79 Å². The van der Waals surface area contributed by atoms with Gasteiger partial charge in [-0.05, 0) is 60.3 Å². The molecule has 8 heteroatoms. The summed E-state index contributed by atoms with van der Waals surface area (Å²) in [6.07, 6.45) is 3.02. The highest BCUT2D eigenvalue weighted by atomic mass is 32.2. The Balaban J connectivity index is 1.74. The van der Waals surface area contributed by atoms with Crippen LogP contribution in [0.25, 0.3) is 11.0 Å². The Morgan fingerprint density at radius 3 is 2.72 bits per heavy atom. The number of allylic oxidation sites excluding steroid dienone is 1. The molecule has 0 aliphatic carbocycles. The number of fused-ring (bicyclic) bond motifs is 1. The minimum atomic E-state index is -0.0699. The summed E-state index contributed by atoms with van der Waals surface area (Å²) >= 11 is 3.16. The van der Waals surface area contributed by atoms with Crippen molar-refractivity contribution in [1.29, 1.82) is 0 Å². The van der Waals surface area contributed by atoms with Crippen molar-refractivity contribution < 1.29 is 9.21 Å². The molecule has 0 aliphatic rings. The first-order chi connectivity index (χ1) is 17.0. The zero-order valence-corrected chi connectivity index (χ0v) is 23.7. The Labute approximate surface area is 223 Å². The molecule has 0 unspecified atom stereocenters. The van der Waals surface area contributed by atoms with E-state index in [1.54, 1.807) is 17.6 Å². The second kappa shape index (κ2) is 12.5. The Hall–Kier alpha value is -2.71. The smallest absolute Gasteiger partial charge is 0.223 e. The van der Waals surface area contributed by atoms with Crippen molar-refractivity contribution in [2.24, 2.45) is 11.1 Å². The normalized spacial score (nSPS) is 12.2. The summed E-state index contributed by atoms with van der Waals surface area (Å²) in [7, 11) is 0. The topological polar surface area (TPSA) is 75.6 Å². The van der Waals surface area contributed by atoms with Gasteiger partial charge in [0.05, 0.1) is 30.1 Å². The highest BCUT2D eigenvalue weighted by Gasteiger charge is 2.22. The van der Waals surface area contributed by atoms with Gasteiger partial charge in [0, 0.05) is 41.7 Å². The molecule has 3 aromatic rings. The molecule has 0 fully saturated rings. The number of aromatic nitrogens is 1. The maximum atomic E-state index is 13.2. The van der Waals surface area contributed by atoms with E-state index in [2.05, 4.69) is 49.4 Å². The second-order valence-electron chi connectivity index (χ2n) is 10.3. The molecule has 0 atom stereocenters. The molecular formula is C28H38N4O2S2. The number of hydrogen-bond acceptors (Lipinski definition) is 7. The molecule has 0 bridgehead atoms. The van der Waals surface area contributed by atoms with E-state index in [0.29, 0.717) is 26.1 Å². The van der Waals surface area contributed by atoms with Gasteiger partial charge in [-0.25, -0.2) is 4.98 Å². The molecule has 0 radical (unpaired) electrons. The van der Waals surface area contributed by atoms with Gasteiger partial charge >= 0.3 is 0 Å². The van der Waals surface area contributed by atoms with Crippen molar-refractivity contribution in [2.45, 2.75) is 54.0 Å². The van der Waals surface area contributed by atoms with Gasteiger partial charge < -0.3 is 20.0 Å². The van der Waals surface area contributed by atoms with Crippen LogP contribution in [0.4, 0.5) is 5.69 Å². The number of aryl methyl sites for hydroxylation is 1. The van der Waals surface area contributed by atoms with Crippen LogP contribution in [0.1, 0.15) is 51.2 Å². The number of rotatable bonds is 12. The molecule has 0 spiro atoms. The molecule has 0 saturated carbocycles. The quantitative estimate of drug-likeness (QED) is 0.276. The van der Waals surface area contributed by atoms with E-state index in [4.69, 9.17) is 10.2 Å². The number of hydrogen-bond donors (Lipinski definition) is 1. The Kier molecular flexibility index (Phi) is 9.68. The zero-order chi connectivity index (χ0) is 26.3. The zero-order valence-electron chi connectivity index (χ0n) is 22.0. The number of anilines is 1. The minimum Gasteiger partial charge on any atom is -0.464 e. The first kappa shape index (κ1) is 27.9. The van der Waals surface area contributed by atoms with E-state index >= 15 is 0 Å². The van der Waals surface area contributed by atoms with Crippen molar-refractivity contribution in [3.05, 3.63) is 69.2 Å². The van der Waals surface area contributed by atoms with E-state index in [0.717, 1.165) is 50.9 Å². The molecule has 1 amide bonds. The van der Waals surface area contributed by atoms with Crippen LogP contribution in [0, 0.1) is 12.3 Å². The van der Waals surface area contributed by atoms with Crippen LogP contribution in [0.2, 0.25) is 0 Å². The summed E-state index contributed by atoms with van der Waals surface area (Å²) in [4.78, 5) is 23.0. The fraction of sp³-hybridized carbons (Fsp3) is 0.429. The minimum absolute atomic E-state index is 0.0699. The van der Waals surface area contributed by atoms with Gasteiger partial charge in [-0.3, -0.25) is 4.79 Å². The van der Waals surface area contributed by atoms with Crippen molar-refractivity contribution in [1.82, 2.24) is 9.88 Å². The van der Waals surface area contributed by atoms with Crippen LogP contribution < -0.4 is 10.6 Å². The number of thiazole rings is 1. The number of carbonyl (C=O) groups is 1.